The zero-order valence-corrected chi connectivity index (χ0v) is 16.4. The summed E-state index contributed by atoms with van der Waals surface area (Å²) in [5.41, 5.74) is 2.57. The molecule has 0 aliphatic carbocycles. The van der Waals surface area contributed by atoms with E-state index in [1.165, 1.54) is 0 Å². The molecule has 3 amide bonds. The third-order valence-electron chi connectivity index (χ3n) is 4.66. The van der Waals surface area contributed by atoms with E-state index < -0.39 is 0 Å². The highest BCUT2D eigenvalue weighted by Crippen LogP contribution is 2.24. The maximum atomic E-state index is 12.6. The molecule has 0 radical (unpaired) electrons. The number of fused-ring (bicyclic) bond motifs is 1. The van der Waals surface area contributed by atoms with Crippen LogP contribution in [-0.2, 0) is 0 Å². The quantitative estimate of drug-likeness (QED) is 0.410. The number of anilines is 2. The zero-order valence-electron chi connectivity index (χ0n) is 16.4. The fourth-order valence-electron chi connectivity index (χ4n) is 3.09. The fraction of sp³-hybridized carbons (Fsp3) is 0.0833. The summed E-state index contributed by atoms with van der Waals surface area (Å²) >= 11 is 0. The number of urea groups is 1. The van der Waals surface area contributed by atoms with Crippen molar-refractivity contribution in [3.63, 3.8) is 0 Å². The lowest BCUT2D eigenvalue weighted by Gasteiger charge is -2.12. The summed E-state index contributed by atoms with van der Waals surface area (Å²) in [6, 6.07) is 24.9. The van der Waals surface area contributed by atoms with Gasteiger partial charge in [0, 0.05) is 22.3 Å². The normalized spacial score (nSPS) is 11.6. The van der Waals surface area contributed by atoms with Gasteiger partial charge in [0.1, 0.15) is 11.3 Å². The number of rotatable bonds is 5. The summed E-state index contributed by atoms with van der Waals surface area (Å²) in [5.74, 6) is 0.476. The number of para-hydroxylation sites is 2. The standard InChI is InChI=1S/C24H21N3O3/c1-16(22-15-18-7-5-6-10-21(18)30-22)25-23(28)17-11-13-20(14-12-17)27-24(29)26-19-8-3-2-4-9-19/h2-16H,1H3,(H,25,28)(H2,26,27,29). The van der Waals surface area contributed by atoms with Crippen molar-refractivity contribution in [1.82, 2.24) is 5.32 Å². The minimum atomic E-state index is -0.350. The second-order valence-electron chi connectivity index (χ2n) is 6.90. The van der Waals surface area contributed by atoms with E-state index in [0.29, 0.717) is 22.7 Å². The number of hydrogen-bond acceptors (Lipinski definition) is 3. The van der Waals surface area contributed by atoms with Crippen LogP contribution >= 0.6 is 0 Å². The highest BCUT2D eigenvalue weighted by atomic mass is 16.3. The molecule has 1 unspecified atom stereocenters. The maximum absolute atomic E-state index is 12.6. The molecule has 150 valence electrons. The Hall–Kier alpha value is -4.06. The second-order valence-corrected chi connectivity index (χ2v) is 6.90. The van der Waals surface area contributed by atoms with Gasteiger partial charge >= 0.3 is 6.03 Å². The van der Waals surface area contributed by atoms with Gasteiger partial charge in [0.2, 0.25) is 0 Å². The van der Waals surface area contributed by atoms with Crippen LogP contribution < -0.4 is 16.0 Å². The van der Waals surface area contributed by atoms with Gasteiger partial charge in [-0.1, -0.05) is 36.4 Å². The molecule has 3 N–H and O–H groups in total. The SMILES string of the molecule is CC(NC(=O)c1ccc(NC(=O)Nc2ccccc2)cc1)c1cc2ccccc2o1. The predicted molar refractivity (Wildman–Crippen MR) is 118 cm³/mol. The first-order valence-electron chi connectivity index (χ1n) is 9.61. The number of furan rings is 1. The van der Waals surface area contributed by atoms with Crippen molar-refractivity contribution in [1.29, 1.82) is 0 Å². The Balaban J connectivity index is 1.36. The molecule has 0 spiro atoms. The van der Waals surface area contributed by atoms with Gasteiger partial charge in [0.05, 0.1) is 6.04 Å². The summed E-state index contributed by atoms with van der Waals surface area (Å²) in [6.07, 6.45) is 0. The van der Waals surface area contributed by atoms with Crippen LogP contribution in [0.2, 0.25) is 0 Å². The van der Waals surface area contributed by atoms with E-state index in [9.17, 15) is 9.59 Å². The van der Waals surface area contributed by atoms with Gasteiger partial charge in [0.15, 0.2) is 0 Å². The summed E-state index contributed by atoms with van der Waals surface area (Å²) in [7, 11) is 0. The van der Waals surface area contributed by atoms with Crippen LogP contribution in [0.4, 0.5) is 16.2 Å². The van der Waals surface area contributed by atoms with Crippen molar-refractivity contribution in [2.75, 3.05) is 10.6 Å². The van der Waals surface area contributed by atoms with E-state index in [-0.39, 0.29) is 18.0 Å². The molecule has 0 saturated carbocycles. The van der Waals surface area contributed by atoms with Crippen LogP contribution in [-0.4, -0.2) is 11.9 Å². The van der Waals surface area contributed by atoms with Crippen LogP contribution in [0.25, 0.3) is 11.0 Å². The number of nitrogens with one attached hydrogen (secondary N) is 3. The predicted octanol–water partition coefficient (Wildman–Crippen LogP) is 5.57. The Morgan fingerprint density at radius 3 is 2.13 bits per heavy atom. The molecule has 1 aromatic heterocycles. The number of hydrogen-bond donors (Lipinski definition) is 3. The van der Waals surface area contributed by atoms with Gasteiger partial charge in [-0.15, -0.1) is 0 Å². The smallest absolute Gasteiger partial charge is 0.323 e. The number of amides is 3. The van der Waals surface area contributed by atoms with Gasteiger partial charge in [0.25, 0.3) is 5.91 Å². The molecular weight excluding hydrogens is 378 g/mol. The van der Waals surface area contributed by atoms with E-state index in [1.54, 1.807) is 36.4 Å². The zero-order chi connectivity index (χ0) is 20.9. The van der Waals surface area contributed by atoms with Crippen LogP contribution in [0.3, 0.4) is 0 Å². The minimum absolute atomic E-state index is 0.219. The lowest BCUT2D eigenvalue weighted by molar-refractivity contribution is 0.0935. The van der Waals surface area contributed by atoms with E-state index in [2.05, 4.69) is 16.0 Å². The molecule has 30 heavy (non-hydrogen) atoms. The van der Waals surface area contributed by atoms with Crippen LogP contribution in [0, 0.1) is 0 Å². The average Bonchev–Trinajstić information content (AvgIpc) is 3.19. The van der Waals surface area contributed by atoms with Crippen LogP contribution in [0.1, 0.15) is 29.1 Å². The van der Waals surface area contributed by atoms with Crippen molar-refractivity contribution in [3.8, 4) is 0 Å². The van der Waals surface area contributed by atoms with Crippen molar-refractivity contribution in [3.05, 3.63) is 96.3 Å². The first kappa shape index (κ1) is 19.3. The van der Waals surface area contributed by atoms with Gasteiger partial charge < -0.3 is 20.4 Å². The average molecular weight is 399 g/mol. The molecule has 3 aromatic carbocycles. The molecule has 0 aliphatic heterocycles. The van der Waals surface area contributed by atoms with Crippen molar-refractivity contribution >= 4 is 34.3 Å². The first-order valence-corrected chi connectivity index (χ1v) is 9.61. The molecule has 0 aliphatic rings. The molecule has 1 heterocycles. The highest BCUT2D eigenvalue weighted by Gasteiger charge is 2.15. The first-order chi connectivity index (χ1) is 14.6. The Morgan fingerprint density at radius 2 is 1.43 bits per heavy atom. The lowest BCUT2D eigenvalue weighted by atomic mass is 10.1. The Bertz CT molecular complexity index is 1130. The molecule has 1 atom stereocenters. The molecule has 6 nitrogen and oxygen atoms in total. The van der Waals surface area contributed by atoms with E-state index in [0.717, 1.165) is 11.0 Å². The van der Waals surface area contributed by atoms with Gasteiger partial charge in [-0.3, -0.25) is 4.79 Å². The summed E-state index contributed by atoms with van der Waals surface area (Å²) < 4.78 is 5.81. The Kier molecular flexibility index (Phi) is 5.48. The highest BCUT2D eigenvalue weighted by molar-refractivity contribution is 6.00. The monoisotopic (exact) mass is 399 g/mol. The Morgan fingerprint density at radius 1 is 0.800 bits per heavy atom. The second kappa shape index (κ2) is 8.53. The molecule has 0 saturated heterocycles. The maximum Gasteiger partial charge on any atom is 0.323 e. The molecular formula is C24H21N3O3. The Labute approximate surface area is 173 Å². The molecule has 4 aromatic rings. The fourth-order valence-corrected chi connectivity index (χ4v) is 3.09. The van der Waals surface area contributed by atoms with Crippen LogP contribution in [0.5, 0.6) is 0 Å². The molecule has 4 rings (SSSR count). The molecule has 0 bridgehead atoms. The van der Waals surface area contributed by atoms with Crippen molar-refractivity contribution < 1.29 is 14.0 Å². The largest absolute Gasteiger partial charge is 0.459 e. The van der Waals surface area contributed by atoms with Gasteiger partial charge in [-0.05, 0) is 55.5 Å². The lowest BCUT2D eigenvalue weighted by Crippen LogP contribution is -2.26. The van der Waals surface area contributed by atoms with Gasteiger partial charge in [-0.25, -0.2) is 4.79 Å². The third-order valence-corrected chi connectivity index (χ3v) is 4.66. The number of carbonyl (C=O) groups excluding carboxylic acids is 2. The van der Waals surface area contributed by atoms with Crippen LogP contribution in [0.15, 0.2) is 89.3 Å². The topological polar surface area (TPSA) is 83.4 Å². The van der Waals surface area contributed by atoms with E-state index in [1.807, 2.05) is 55.5 Å². The van der Waals surface area contributed by atoms with E-state index >= 15 is 0 Å². The summed E-state index contributed by atoms with van der Waals surface area (Å²) in [5, 5.41) is 9.42. The number of benzene rings is 3. The van der Waals surface area contributed by atoms with Crippen molar-refractivity contribution in [2.45, 2.75) is 13.0 Å². The van der Waals surface area contributed by atoms with Gasteiger partial charge in [-0.2, -0.15) is 0 Å². The third kappa shape index (κ3) is 4.50. The molecule has 6 heteroatoms. The number of carbonyl (C=O) groups is 2. The minimum Gasteiger partial charge on any atom is -0.459 e. The summed E-state index contributed by atoms with van der Waals surface area (Å²) in [4.78, 5) is 24.6. The van der Waals surface area contributed by atoms with E-state index in [4.69, 9.17) is 4.42 Å². The summed E-state index contributed by atoms with van der Waals surface area (Å²) in [6.45, 7) is 1.87. The molecule has 0 fully saturated rings. The van der Waals surface area contributed by atoms with Crippen molar-refractivity contribution in [2.24, 2.45) is 0 Å².